The van der Waals surface area contributed by atoms with Gasteiger partial charge in [0.05, 0.1) is 0 Å². The van der Waals surface area contributed by atoms with Crippen molar-refractivity contribution < 1.29 is 4.79 Å². The van der Waals surface area contributed by atoms with Crippen LogP contribution < -0.4 is 15.5 Å². The Kier molecular flexibility index (Phi) is 6.61. The highest BCUT2D eigenvalue weighted by atomic mass is 16.1. The number of pyridine rings is 1. The number of nitrogens with zero attached hydrogens (tertiary/aromatic N) is 3. The van der Waals surface area contributed by atoms with Crippen LogP contribution in [0.25, 0.3) is 0 Å². The third-order valence-corrected chi connectivity index (χ3v) is 3.89. The molecule has 1 fully saturated rings. The van der Waals surface area contributed by atoms with Crippen molar-refractivity contribution in [2.75, 3.05) is 51.2 Å². The summed E-state index contributed by atoms with van der Waals surface area (Å²) in [6, 6.07) is 6.21. The zero-order valence-electron chi connectivity index (χ0n) is 13.6. The van der Waals surface area contributed by atoms with Gasteiger partial charge in [-0.25, -0.2) is 4.98 Å². The topological polar surface area (TPSA) is 60.5 Å². The molecule has 0 saturated carbocycles. The minimum absolute atomic E-state index is 0.119. The summed E-state index contributed by atoms with van der Waals surface area (Å²) in [6.07, 6.45) is 2.37. The highest BCUT2D eigenvalue weighted by Gasteiger charge is 2.19. The number of rotatable bonds is 7. The molecule has 1 amide bonds. The maximum atomic E-state index is 11.7. The van der Waals surface area contributed by atoms with Crippen LogP contribution >= 0.6 is 0 Å². The summed E-state index contributed by atoms with van der Waals surface area (Å²) in [4.78, 5) is 20.8. The molecule has 0 radical (unpaired) electrons. The molecule has 0 bridgehead atoms. The first-order valence-corrected chi connectivity index (χ1v) is 8.01. The average Bonchev–Trinajstić information content (AvgIpc) is 2.54. The molecule has 0 aliphatic carbocycles. The summed E-state index contributed by atoms with van der Waals surface area (Å²) in [5, 5.41) is 6.05. The van der Waals surface area contributed by atoms with E-state index in [9.17, 15) is 4.79 Å². The van der Waals surface area contributed by atoms with Gasteiger partial charge in [-0.3, -0.25) is 9.69 Å². The standard InChI is InChI=1S/C16H27N5O/c1-14(19-16(22)6-8-17-2)13-20-9-11-21(12-10-20)15-5-3-4-7-18-15/h3-5,7,14,17H,6,8-13H2,1-2H3,(H,19,22). The van der Waals surface area contributed by atoms with E-state index >= 15 is 0 Å². The Bertz CT molecular complexity index is 445. The predicted molar refractivity (Wildman–Crippen MR) is 89.0 cm³/mol. The first-order valence-electron chi connectivity index (χ1n) is 8.01. The van der Waals surface area contributed by atoms with Crippen LogP contribution in [0, 0.1) is 0 Å². The molecule has 0 aromatic carbocycles. The lowest BCUT2D eigenvalue weighted by Crippen LogP contribution is -2.51. The fraction of sp³-hybridized carbons (Fsp3) is 0.625. The molecule has 6 nitrogen and oxygen atoms in total. The molecule has 2 rings (SSSR count). The SMILES string of the molecule is CNCCC(=O)NC(C)CN1CCN(c2ccccn2)CC1. The van der Waals surface area contributed by atoms with E-state index in [1.165, 1.54) is 0 Å². The van der Waals surface area contributed by atoms with Crippen LogP contribution in [0.3, 0.4) is 0 Å². The Balaban J connectivity index is 1.69. The van der Waals surface area contributed by atoms with Gasteiger partial charge in [-0.2, -0.15) is 0 Å². The first kappa shape index (κ1) is 16.7. The van der Waals surface area contributed by atoms with Crippen LogP contribution in [0.1, 0.15) is 13.3 Å². The minimum Gasteiger partial charge on any atom is -0.354 e. The van der Waals surface area contributed by atoms with Gasteiger partial charge < -0.3 is 15.5 Å². The fourth-order valence-corrected chi connectivity index (χ4v) is 2.72. The van der Waals surface area contributed by atoms with Crippen LogP contribution in [-0.2, 0) is 4.79 Å². The fourth-order valence-electron chi connectivity index (χ4n) is 2.72. The second-order valence-corrected chi connectivity index (χ2v) is 5.80. The van der Waals surface area contributed by atoms with Crippen molar-refractivity contribution in [1.29, 1.82) is 0 Å². The number of carbonyl (C=O) groups excluding carboxylic acids is 1. The van der Waals surface area contributed by atoms with Crippen molar-refractivity contribution >= 4 is 11.7 Å². The molecule has 1 aliphatic heterocycles. The molecule has 2 N–H and O–H groups in total. The van der Waals surface area contributed by atoms with E-state index < -0.39 is 0 Å². The number of aromatic nitrogens is 1. The van der Waals surface area contributed by atoms with E-state index in [0.717, 1.165) is 45.1 Å². The van der Waals surface area contributed by atoms with E-state index in [-0.39, 0.29) is 11.9 Å². The van der Waals surface area contributed by atoms with Crippen molar-refractivity contribution in [3.05, 3.63) is 24.4 Å². The zero-order chi connectivity index (χ0) is 15.8. The van der Waals surface area contributed by atoms with Crippen LogP contribution in [0.15, 0.2) is 24.4 Å². The molecular formula is C16H27N5O. The Hall–Kier alpha value is -1.66. The predicted octanol–water partition coefficient (Wildman–Crippen LogP) is 0.318. The molecule has 1 saturated heterocycles. The molecule has 1 aromatic rings. The molecule has 6 heteroatoms. The summed E-state index contributed by atoms with van der Waals surface area (Å²) < 4.78 is 0. The van der Waals surface area contributed by atoms with E-state index in [1.54, 1.807) is 0 Å². The van der Waals surface area contributed by atoms with Crippen molar-refractivity contribution in [3.63, 3.8) is 0 Å². The molecule has 1 atom stereocenters. The molecule has 0 spiro atoms. The zero-order valence-corrected chi connectivity index (χ0v) is 13.6. The van der Waals surface area contributed by atoms with Crippen LogP contribution in [-0.4, -0.2) is 68.1 Å². The highest BCUT2D eigenvalue weighted by molar-refractivity contribution is 5.76. The smallest absolute Gasteiger partial charge is 0.221 e. The number of hydrogen-bond acceptors (Lipinski definition) is 5. The Morgan fingerprint density at radius 2 is 2.09 bits per heavy atom. The Morgan fingerprint density at radius 1 is 1.32 bits per heavy atom. The maximum absolute atomic E-state index is 11.7. The van der Waals surface area contributed by atoms with Gasteiger partial charge in [-0.1, -0.05) is 6.07 Å². The lowest BCUT2D eigenvalue weighted by molar-refractivity contribution is -0.121. The van der Waals surface area contributed by atoms with Crippen LogP contribution in [0.5, 0.6) is 0 Å². The largest absolute Gasteiger partial charge is 0.354 e. The number of hydrogen-bond donors (Lipinski definition) is 2. The second kappa shape index (κ2) is 8.70. The molecule has 1 unspecified atom stereocenters. The number of amides is 1. The molecule has 2 heterocycles. The quantitative estimate of drug-likeness (QED) is 0.760. The molecule has 1 aromatic heterocycles. The summed E-state index contributed by atoms with van der Waals surface area (Å²) in [5.74, 6) is 1.17. The average molecular weight is 305 g/mol. The van der Waals surface area contributed by atoms with Gasteiger partial charge in [0.15, 0.2) is 0 Å². The van der Waals surface area contributed by atoms with Gasteiger partial charge in [-0.15, -0.1) is 0 Å². The van der Waals surface area contributed by atoms with E-state index in [4.69, 9.17) is 0 Å². The number of carbonyl (C=O) groups is 1. The van der Waals surface area contributed by atoms with Gasteiger partial charge >= 0.3 is 0 Å². The van der Waals surface area contributed by atoms with Crippen LogP contribution in [0.4, 0.5) is 5.82 Å². The Morgan fingerprint density at radius 3 is 2.73 bits per heavy atom. The van der Waals surface area contributed by atoms with Gasteiger partial charge in [0, 0.05) is 57.9 Å². The van der Waals surface area contributed by atoms with E-state index in [2.05, 4.69) is 38.4 Å². The van der Waals surface area contributed by atoms with Gasteiger partial charge in [0.25, 0.3) is 0 Å². The number of piperazine rings is 1. The summed E-state index contributed by atoms with van der Waals surface area (Å²) >= 11 is 0. The third kappa shape index (κ3) is 5.27. The number of anilines is 1. The van der Waals surface area contributed by atoms with Gasteiger partial charge in [0.2, 0.25) is 5.91 Å². The Labute approximate surface area is 132 Å². The second-order valence-electron chi connectivity index (χ2n) is 5.80. The van der Waals surface area contributed by atoms with Crippen molar-refractivity contribution in [2.45, 2.75) is 19.4 Å². The number of nitrogens with one attached hydrogen (secondary N) is 2. The molecule has 22 heavy (non-hydrogen) atoms. The lowest BCUT2D eigenvalue weighted by atomic mass is 10.2. The summed E-state index contributed by atoms with van der Waals surface area (Å²) in [7, 11) is 1.86. The monoisotopic (exact) mass is 305 g/mol. The van der Waals surface area contributed by atoms with E-state index in [0.29, 0.717) is 6.42 Å². The summed E-state index contributed by atoms with van der Waals surface area (Å²) in [6.45, 7) is 7.68. The molecular weight excluding hydrogens is 278 g/mol. The van der Waals surface area contributed by atoms with Crippen molar-refractivity contribution in [1.82, 2.24) is 20.5 Å². The van der Waals surface area contributed by atoms with Crippen LogP contribution in [0.2, 0.25) is 0 Å². The lowest BCUT2D eigenvalue weighted by Gasteiger charge is -2.36. The van der Waals surface area contributed by atoms with Crippen molar-refractivity contribution in [2.24, 2.45) is 0 Å². The molecule has 1 aliphatic rings. The normalized spacial score (nSPS) is 17.3. The van der Waals surface area contributed by atoms with Gasteiger partial charge in [-0.05, 0) is 26.1 Å². The first-order chi connectivity index (χ1) is 10.7. The molecule has 122 valence electrons. The van der Waals surface area contributed by atoms with Crippen molar-refractivity contribution in [3.8, 4) is 0 Å². The highest BCUT2D eigenvalue weighted by Crippen LogP contribution is 2.12. The maximum Gasteiger partial charge on any atom is 0.221 e. The summed E-state index contributed by atoms with van der Waals surface area (Å²) in [5.41, 5.74) is 0. The van der Waals surface area contributed by atoms with Gasteiger partial charge in [0.1, 0.15) is 5.82 Å². The third-order valence-electron chi connectivity index (χ3n) is 3.89. The van der Waals surface area contributed by atoms with E-state index in [1.807, 2.05) is 25.4 Å². The minimum atomic E-state index is 0.119.